The molecule has 2 aliphatic heterocycles. The van der Waals surface area contributed by atoms with E-state index in [-0.39, 0.29) is 0 Å². The average Bonchev–Trinajstić information content (AvgIpc) is 3.28. The van der Waals surface area contributed by atoms with Crippen molar-refractivity contribution in [3.8, 4) is 33.8 Å². The lowest BCUT2D eigenvalue weighted by Crippen LogP contribution is -2.16. The van der Waals surface area contributed by atoms with Gasteiger partial charge in [-0.15, -0.1) is 0 Å². The van der Waals surface area contributed by atoms with E-state index in [9.17, 15) is 0 Å². The van der Waals surface area contributed by atoms with Crippen molar-refractivity contribution in [1.82, 2.24) is 0 Å². The van der Waals surface area contributed by atoms with E-state index in [1.54, 1.807) is 0 Å². The van der Waals surface area contributed by atoms with Crippen LogP contribution < -0.4 is 14.5 Å². The number of ether oxygens (including phenoxy) is 1. The second-order valence-electron chi connectivity index (χ2n) is 15.0. The number of fused-ring (bicyclic) bond motifs is 7. The van der Waals surface area contributed by atoms with Gasteiger partial charge in [-0.25, -0.2) is 0 Å². The molecule has 0 unspecified atom stereocenters. The summed E-state index contributed by atoms with van der Waals surface area (Å²) in [4.78, 5) is 7.30. The summed E-state index contributed by atoms with van der Waals surface area (Å²) in [5.74, 6) is 1.67. The Hall–Kier alpha value is -7.27. The molecule has 0 saturated carbocycles. The summed E-state index contributed by atoms with van der Waals surface area (Å²) >= 11 is 1.84. The molecule has 0 fully saturated rings. The Morgan fingerprint density at radius 1 is 0.328 bits per heavy atom. The highest BCUT2D eigenvalue weighted by Gasteiger charge is 2.30. The maximum absolute atomic E-state index is 6.75. The highest BCUT2D eigenvalue weighted by atomic mass is 32.2. The van der Waals surface area contributed by atoms with Crippen LogP contribution >= 0.6 is 11.8 Å². The number of rotatable bonds is 4. The number of anilines is 6. The van der Waals surface area contributed by atoms with E-state index in [1.165, 1.54) is 64.9 Å². The second kappa shape index (κ2) is 13.2. The summed E-state index contributed by atoms with van der Waals surface area (Å²) in [6.07, 6.45) is 0. The van der Waals surface area contributed by atoms with Crippen molar-refractivity contribution in [2.75, 3.05) is 9.80 Å². The molecule has 0 bridgehead atoms. The first-order valence-corrected chi connectivity index (χ1v) is 20.5. The molecule has 0 radical (unpaired) electrons. The van der Waals surface area contributed by atoms with Crippen LogP contribution in [-0.2, 0) is 0 Å². The zero-order valence-electron chi connectivity index (χ0n) is 31.3. The average molecular weight is 759 g/mol. The van der Waals surface area contributed by atoms with Gasteiger partial charge < -0.3 is 14.5 Å². The first kappa shape index (κ1) is 32.9. The van der Waals surface area contributed by atoms with Gasteiger partial charge in [0.25, 0.3) is 0 Å². The number of benzene rings is 10. The molecule has 10 aromatic rings. The van der Waals surface area contributed by atoms with Gasteiger partial charge in [-0.05, 0) is 111 Å². The molecule has 0 N–H and O–H groups in total. The maximum atomic E-state index is 6.75. The fourth-order valence-electron chi connectivity index (χ4n) is 8.81. The monoisotopic (exact) mass is 758 g/mol. The lowest BCUT2D eigenvalue weighted by molar-refractivity contribution is 0.478. The fourth-order valence-corrected chi connectivity index (χ4v) is 9.91. The molecule has 0 aromatic heterocycles. The van der Waals surface area contributed by atoms with E-state index in [1.807, 2.05) is 11.8 Å². The fraction of sp³-hybridized carbons (Fsp3) is 0. The van der Waals surface area contributed by atoms with Crippen LogP contribution in [0.4, 0.5) is 34.1 Å². The molecular formula is C54H34N2OS. The highest BCUT2D eigenvalue weighted by Crippen LogP contribution is 2.56. The lowest BCUT2D eigenvalue weighted by atomic mass is 9.98. The third-order valence-corrected chi connectivity index (χ3v) is 12.6. The van der Waals surface area contributed by atoms with Crippen LogP contribution in [0.2, 0.25) is 0 Å². The molecule has 0 atom stereocenters. The molecular weight excluding hydrogens is 725 g/mol. The van der Waals surface area contributed by atoms with E-state index < -0.39 is 0 Å². The lowest BCUT2D eigenvalue weighted by Gasteiger charge is -2.35. The van der Waals surface area contributed by atoms with Crippen LogP contribution in [-0.4, -0.2) is 0 Å². The van der Waals surface area contributed by atoms with Gasteiger partial charge in [-0.1, -0.05) is 151 Å². The predicted molar refractivity (Wildman–Crippen MR) is 243 cm³/mol. The molecule has 4 heteroatoms. The Bertz CT molecular complexity index is 3210. The summed E-state index contributed by atoms with van der Waals surface area (Å²) in [6, 6.07) is 74.5. The molecule has 272 valence electrons. The molecule has 0 aliphatic carbocycles. The van der Waals surface area contributed by atoms with Crippen LogP contribution in [0.25, 0.3) is 54.6 Å². The summed E-state index contributed by atoms with van der Waals surface area (Å²) in [5.41, 5.74) is 11.3. The highest BCUT2D eigenvalue weighted by molar-refractivity contribution is 7.99. The summed E-state index contributed by atoms with van der Waals surface area (Å²) < 4.78 is 6.75. The van der Waals surface area contributed by atoms with Gasteiger partial charge in [0.2, 0.25) is 0 Å². The summed E-state index contributed by atoms with van der Waals surface area (Å²) in [7, 11) is 0. The van der Waals surface area contributed by atoms with E-state index in [0.717, 1.165) is 45.1 Å². The molecule has 3 nitrogen and oxygen atoms in total. The molecule has 58 heavy (non-hydrogen) atoms. The molecule has 12 rings (SSSR count). The smallest absolute Gasteiger partial charge is 0.152 e. The summed E-state index contributed by atoms with van der Waals surface area (Å²) in [6.45, 7) is 0. The SMILES string of the molecule is c1ccc(-c2cccc(N3c4cc(-c5ccc6c(c5)Sc5ccccc5N6c5c6ccccc6cc6ccccc56)ccc4Oc4cc5ccccc5cc43)c2)cc1. The van der Waals surface area contributed by atoms with E-state index in [0.29, 0.717) is 0 Å². The standard InChI is InChI=1S/C54H34N2OS/c1-2-13-35(14-3-1)36-19-12-20-43(30-36)55-48-32-39(26-28-50(48)57-51-33-38-16-5-4-15-37(38)31-49(51)55)40-25-27-47-53(34-40)58-52-24-11-10-23-46(52)56(47)54-44-21-8-6-17-41(44)29-42-18-7-9-22-45(42)54/h1-34H. The summed E-state index contributed by atoms with van der Waals surface area (Å²) in [5, 5.41) is 7.25. The minimum absolute atomic E-state index is 0.826. The number of hydrogen-bond donors (Lipinski definition) is 0. The van der Waals surface area contributed by atoms with Gasteiger partial charge in [0.1, 0.15) is 0 Å². The zero-order chi connectivity index (χ0) is 38.2. The van der Waals surface area contributed by atoms with Crippen molar-refractivity contribution in [2.45, 2.75) is 9.79 Å². The predicted octanol–water partition coefficient (Wildman–Crippen LogP) is 16.0. The Kier molecular flexibility index (Phi) is 7.47. The van der Waals surface area contributed by atoms with Crippen molar-refractivity contribution in [3.63, 3.8) is 0 Å². The minimum atomic E-state index is 0.826. The Balaban J connectivity index is 1.02. The quantitative estimate of drug-likeness (QED) is 0.166. The van der Waals surface area contributed by atoms with Crippen LogP contribution in [0.5, 0.6) is 11.5 Å². The van der Waals surface area contributed by atoms with E-state index in [4.69, 9.17) is 4.74 Å². The van der Waals surface area contributed by atoms with Gasteiger partial charge in [0.15, 0.2) is 11.5 Å². The van der Waals surface area contributed by atoms with Crippen molar-refractivity contribution in [2.24, 2.45) is 0 Å². The molecule has 0 amide bonds. The van der Waals surface area contributed by atoms with Crippen LogP contribution in [0.15, 0.2) is 216 Å². The van der Waals surface area contributed by atoms with Crippen molar-refractivity contribution in [1.29, 1.82) is 0 Å². The van der Waals surface area contributed by atoms with E-state index >= 15 is 0 Å². The zero-order valence-corrected chi connectivity index (χ0v) is 32.2. The van der Waals surface area contributed by atoms with Gasteiger partial charge in [0.05, 0.1) is 28.4 Å². The molecule has 0 spiro atoms. The Morgan fingerprint density at radius 3 is 1.74 bits per heavy atom. The molecule has 2 heterocycles. The molecule has 0 saturated heterocycles. The number of para-hydroxylation sites is 1. The minimum Gasteiger partial charge on any atom is -0.453 e. The van der Waals surface area contributed by atoms with Crippen LogP contribution in [0, 0.1) is 0 Å². The number of hydrogen-bond acceptors (Lipinski definition) is 4. The third-order valence-electron chi connectivity index (χ3n) is 11.5. The third kappa shape index (κ3) is 5.30. The Labute approximate surface area is 341 Å². The van der Waals surface area contributed by atoms with Crippen LogP contribution in [0.1, 0.15) is 0 Å². The first-order chi connectivity index (χ1) is 28.7. The second-order valence-corrected chi connectivity index (χ2v) is 16.0. The normalized spacial score (nSPS) is 12.8. The topological polar surface area (TPSA) is 15.7 Å². The van der Waals surface area contributed by atoms with Crippen molar-refractivity contribution >= 4 is 78.2 Å². The first-order valence-electron chi connectivity index (χ1n) is 19.7. The van der Waals surface area contributed by atoms with Gasteiger partial charge in [-0.2, -0.15) is 0 Å². The van der Waals surface area contributed by atoms with Gasteiger partial charge in [0, 0.05) is 26.3 Å². The largest absolute Gasteiger partial charge is 0.453 e. The van der Waals surface area contributed by atoms with Gasteiger partial charge >= 0.3 is 0 Å². The number of nitrogens with zero attached hydrogens (tertiary/aromatic N) is 2. The van der Waals surface area contributed by atoms with E-state index in [2.05, 4.69) is 216 Å². The molecule has 10 aromatic carbocycles. The van der Waals surface area contributed by atoms with Gasteiger partial charge in [-0.3, -0.25) is 0 Å². The molecule has 2 aliphatic rings. The van der Waals surface area contributed by atoms with Crippen molar-refractivity contribution < 1.29 is 4.74 Å². The van der Waals surface area contributed by atoms with Crippen LogP contribution in [0.3, 0.4) is 0 Å². The Morgan fingerprint density at radius 2 is 0.931 bits per heavy atom. The maximum Gasteiger partial charge on any atom is 0.152 e. The van der Waals surface area contributed by atoms with Crippen molar-refractivity contribution in [3.05, 3.63) is 206 Å².